The lowest BCUT2D eigenvalue weighted by atomic mass is 10.0. The smallest absolute Gasteiger partial charge is 0.387 e. The maximum Gasteiger partial charge on any atom is 0.387 e. The highest BCUT2D eigenvalue weighted by Gasteiger charge is 2.19. The van der Waals surface area contributed by atoms with Gasteiger partial charge in [-0.1, -0.05) is 18.2 Å². The summed E-state index contributed by atoms with van der Waals surface area (Å²) in [4.78, 5) is 2.31. The van der Waals surface area contributed by atoms with Crippen LogP contribution in [0, 0.1) is 0 Å². The van der Waals surface area contributed by atoms with Crippen molar-refractivity contribution in [2.45, 2.75) is 12.7 Å². The summed E-state index contributed by atoms with van der Waals surface area (Å²) in [7, 11) is 0. The third-order valence-corrected chi connectivity index (χ3v) is 3.22. The van der Waals surface area contributed by atoms with Gasteiger partial charge in [0.15, 0.2) is 0 Å². The Labute approximate surface area is 124 Å². The van der Waals surface area contributed by atoms with Gasteiger partial charge >= 0.3 is 6.61 Å². The van der Waals surface area contributed by atoms with E-state index in [1.54, 1.807) is 12.1 Å². The Morgan fingerprint density at radius 2 is 1.80 bits per heavy atom. The molecule has 0 unspecified atom stereocenters. The van der Waals surface area contributed by atoms with E-state index in [0.717, 1.165) is 31.7 Å². The molecule has 2 rings (SSSR count). The van der Waals surface area contributed by atoms with Crippen molar-refractivity contribution in [1.29, 1.82) is 0 Å². The summed E-state index contributed by atoms with van der Waals surface area (Å²) in [5.41, 5.74) is 1.04. The van der Waals surface area contributed by atoms with Gasteiger partial charge in [0.25, 0.3) is 0 Å². The lowest BCUT2D eigenvalue weighted by Crippen LogP contribution is -2.44. The van der Waals surface area contributed by atoms with Gasteiger partial charge in [-0.05, 0) is 17.7 Å². The minimum absolute atomic E-state index is 0. The number of alkyl halides is 2. The zero-order valence-electron chi connectivity index (χ0n) is 11.1. The normalized spacial score (nSPS) is 17.4. The van der Waals surface area contributed by atoms with E-state index in [9.17, 15) is 8.78 Å². The minimum Gasteiger partial charge on any atom is -0.435 e. The van der Waals surface area contributed by atoms with Crippen LogP contribution in [-0.4, -0.2) is 37.7 Å². The monoisotopic (exact) mass is 304 g/mol. The molecule has 6 heteroatoms. The Morgan fingerprint density at radius 3 is 2.30 bits per heavy atom. The molecule has 0 aliphatic carbocycles. The van der Waals surface area contributed by atoms with Gasteiger partial charge in [0.2, 0.25) is 0 Å². The number of nitrogens with one attached hydrogen (secondary N) is 1. The first-order valence-electron chi connectivity index (χ1n) is 6.33. The molecule has 0 saturated carbocycles. The van der Waals surface area contributed by atoms with Crippen molar-refractivity contribution in [3.63, 3.8) is 0 Å². The maximum absolute atomic E-state index is 12.1. The number of rotatable bonds is 5. The fraction of sp³-hybridized carbons (Fsp3) is 0.429. The molecule has 112 valence electrons. The van der Waals surface area contributed by atoms with Gasteiger partial charge in [-0.3, -0.25) is 4.90 Å². The average Bonchev–Trinajstić information content (AvgIpc) is 2.42. The second-order valence-corrected chi connectivity index (χ2v) is 4.41. The average molecular weight is 305 g/mol. The Kier molecular flexibility index (Phi) is 6.91. The molecule has 0 spiro atoms. The van der Waals surface area contributed by atoms with Crippen LogP contribution in [0.5, 0.6) is 5.75 Å². The molecule has 0 bridgehead atoms. The highest BCUT2D eigenvalue weighted by molar-refractivity contribution is 5.85. The van der Waals surface area contributed by atoms with Crippen molar-refractivity contribution in [1.82, 2.24) is 10.2 Å². The number of benzene rings is 1. The fourth-order valence-corrected chi connectivity index (χ4v) is 2.30. The van der Waals surface area contributed by atoms with E-state index in [1.807, 2.05) is 18.2 Å². The zero-order chi connectivity index (χ0) is 13.7. The van der Waals surface area contributed by atoms with Gasteiger partial charge in [-0.25, -0.2) is 0 Å². The number of hydrogen-bond donors (Lipinski definition) is 1. The molecule has 3 nitrogen and oxygen atoms in total. The number of ether oxygens (including phenoxy) is 1. The fourth-order valence-electron chi connectivity index (χ4n) is 2.30. The van der Waals surface area contributed by atoms with E-state index < -0.39 is 6.61 Å². The summed E-state index contributed by atoms with van der Waals surface area (Å²) in [6.07, 6.45) is 1.88. The van der Waals surface area contributed by atoms with E-state index in [2.05, 4.69) is 21.5 Å². The van der Waals surface area contributed by atoms with Gasteiger partial charge in [0.1, 0.15) is 5.75 Å². The molecule has 1 aromatic rings. The molecule has 20 heavy (non-hydrogen) atoms. The van der Waals surface area contributed by atoms with E-state index in [1.165, 1.54) is 0 Å². The van der Waals surface area contributed by atoms with Crippen LogP contribution in [0.25, 0.3) is 0 Å². The molecule has 0 amide bonds. The molecule has 1 fully saturated rings. The molecular weight excluding hydrogens is 286 g/mol. The first kappa shape index (κ1) is 16.9. The summed E-state index contributed by atoms with van der Waals surface area (Å²) in [6.45, 7) is 4.90. The summed E-state index contributed by atoms with van der Waals surface area (Å²) in [6, 6.07) is 6.88. The Balaban J connectivity index is 0.00000200. The van der Waals surface area contributed by atoms with Gasteiger partial charge in [0, 0.05) is 26.2 Å². The molecule has 1 aliphatic rings. The molecule has 1 aliphatic heterocycles. The van der Waals surface area contributed by atoms with Gasteiger partial charge < -0.3 is 10.1 Å². The first-order chi connectivity index (χ1) is 9.20. The third kappa shape index (κ3) is 4.44. The Morgan fingerprint density at radius 1 is 1.20 bits per heavy atom. The Hall–Kier alpha value is -1.17. The number of piperazine rings is 1. The second-order valence-electron chi connectivity index (χ2n) is 4.41. The number of halogens is 3. The highest BCUT2D eigenvalue weighted by Crippen LogP contribution is 2.24. The maximum atomic E-state index is 12.1. The quantitative estimate of drug-likeness (QED) is 0.847. The van der Waals surface area contributed by atoms with E-state index in [-0.39, 0.29) is 24.2 Å². The third-order valence-electron chi connectivity index (χ3n) is 3.22. The van der Waals surface area contributed by atoms with E-state index in [4.69, 9.17) is 0 Å². The predicted octanol–water partition coefficient (Wildman–Crippen LogP) is 2.84. The SMILES string of the molecule is C=C[C@@H](c1ccc(OC(F)F)cc1)N1CCNCC1.Cl. The topological polar surface area (TPSA) is 24.5 Å². The van der Waals surface area contributed by atoms with Crippen LogP contribution in [0.1, 0.15) is 11.6 Å². The largest absolute Gasteiger partial charge is 0.435 e. The van der Waals surface area contributed by atoms with Gasteiger partial charge in [-0.15, -0.1) is 19.0 Å². The van der Waals surface area contributed by atoms with Crippen molar-refractivity contribution >= 4 is 12.4 Å². The van der Waals surface area contributed by atoms with Gasteiger partial charge in [-0.2, -0.15) is 8.78 Å². The van der Waals surface area contributed by atoms with E-state index in [0.29, 0.717) is 0 Å². The van der Waals surface area contributed by atoms with Crippen LogP contribution < -0.4 is 10.1 Å². The standard InChI is InChI=1S/C14H18F2N2O.ClH/c1-2-13(18-9-7-17-8-10-18)11-3-5-12(6-4-11)19-14(15)16;/h2-6,13-14,17H,1,7-10H2;1H/t13-;/m0./s1. The lowest BCUT2D eigenvalue weighted by Gasteiger charge is -2.33. The minimum atomic E-state index is -2.78. The van der Waals surface area contributed by atoms with E-state index >= 15 is 0 Å². The summed E-state index contributed by atoms with van der Waals surface area (Å²) >= 11 is 0. The number of hydrogen-bond acceptors (Lipinski definition) is 3. The summed E-state index contributed by atoms with van der Waals surface area (Å²) in [5, 5.41) is 3.30. The molecule has 0 radical (unpaired) electrons. The van der Waals surface area contributed by atoms with Crippen molar-refractivity contribution in [2.24, 2.45) is 0 Å². The summed E-state index contributed by atoms with van der Waals surface area (Å²) < 4.78 is 28.5. The van der Waals surface area contributed by atoms with Crippen LogP contribution in [0.4, 0.5) is 8.78 Å². The molecular formula is C14H19ClF2N2O. The van der Waals surface area contributed by atoms with Crippen LogP contribution >= 0.6 is 12.4 Å². The van der Waals surface area contributed by atoms with Gasteiger partial charge in [0.05, 0.1) is 6.04 Å². The van der Waals surface area contributed by atoms with Crippen LogP contribution in [0.2, 0.25) is 0 Å². The van der Waals surface area contributed by atoms with Crippen molar-refractivity contribution in [2.75, 3.05) is 26.2 Å². The van der Waals surface area contributed by atoms with Crippen LogP contribution in [0.3, 0.4) is 0 Å². The predicted molar refractivity (Wildman–Crippen MR) is 77.7 cm³/mol. The first-order valence-corrected chi connectivity index (χ1v) is 6.33. The van der Waals surface area contributed by atoms with Crippen molar-refractivity contribution in [3.05, 3.63) is 42.5 Å². The van der Waals surface area contributed by atoms with Crippen molar-refractivity contribution < 1.29 is 13.5 Å². The Bertz CT molecular complexity index is 408. The summed E-state index contributed by atoms with van der Waals surface area (Å²) in [5.74, 6) is 0.182. The zero-order valence-corrected chi connectivity index (χ0v) is 11.9. The molecule has 1 heterocycles. The van der Waals surface area contributed by atoms with Crippen molar-refractivity contribution in [3.8, 4) is 5.75 Å². The number of nitrogens with zero attached hydrogens (tertiary/aromatic N) is 1. The molecule has 1 atom stereocenters. The van der Waals surface area contributed by atoms with Crippen LogP contribution in [0.15, 0.2) is 36.9 Å². The lowest BCUT2D eigenvalue weighted by molar-refractivity contribution is -0.0498. The molecule has 1 saturated heterocycles. The molecule has 1 aromatic carbocycles. The molecule has 0 aromatic heterocycles. The van der Waals surface area contributed by atoms with Crippen LogP contribution in [-0.2, 0) is 0 Å². The highest BCUT2D eigenvalue weighted by atomic mass is 35.5. The second kappa shape index (κ2) is 8.19. The molecule has 1 N–H and O–H groups in total.